The van der Waals surface area contributed by atoms with Gasteiger partial charge in [-0.3, -0.25) is 14.5 Å². The van der Waals surface area contributed by atoms with Crippen molar-refractivity contribution < 1.29 is 19.4 Å². The standard InChI is InChI=1S/C18H26N4O4/c23-12-9-20-5-7-22(8-6-20)18(25)17(24)19-15-3-1-2-4-16(15)21-10-13-26-14-11-21/h1-4,23H,5-14H2,(H,19,24). The topological polar surface area (TPSA) is 85.4 Å². The SMILES string of the molecule is O=C(Nc1ccccc1N1CCOCC1)C(=O)N1CCN(CCO)CC1. The fraction of sp³-hybridized carbons (Fsp3) is 0.556. The van der Waals surface area contributed by atoms with Crippen molar-refractivity contribution in [3.8, 4) is 0 Å². The first kappa shape index (κ1) is 18.6. The number of piperazine rings is 1. The fourth-order valence-corrected chi connectivity index (χ4v) is 3.29. The van der Waals surface area contributed by atoms with E-state index in [4.69, 9.17) is 9.84 Å². The summed E-state index contributed by atoms with van der Waals surface area (Å²) in [7, 11) is 0. The molecule has 0 bridgehead atoms. The van der Waals surface area contributed by atoms with E-state index in [0.717, 1.165) is 18.8 Å². The number of amides is 2. The van der Waals surface area contributed by atoms with Gasteiger partial charge >= 0.3 is 11.8 Å². The van der Waals surface area contributed by atoms with Crippen LogP contribution in [0, 0.1) is 0 Å². The lowest BCUT2D eigenvalue weighted by Crippen LogP contribution is -2.52. The second-order valence-electron chi connectivity index (χ2n) is 6.43. The van der Waals surface area contributed by atoms with Gasteiger partial charge in [-0.15, -0.1) is 0 Å². The van der Waals surface area contributed by atoms with Gasteiger partial charge in [0.1, 0.15) is 0 Å². The number of rotatable bonds is 4. The molecule has 1 aromatic rings. The quantitative estimate of drug-likeness (QED) is 0.709. The molecule has 0 unspecified atom stereocenters. The Kier molecular flexibility index (Phi) is 6.43. The molecule has 0 aromatic heterocycles. The molecule has 3 rings (SSSR count). The van der Waals surface area contributed by atoms with Crippen molar-refractivity contribution in [2.75, 3.05) is 75.9 Å². The lowest BCUT2D eigenvalue weighted by Gasteiger charge is -2.34. The predicted molar refractivity (Wildman–Crippen MR) is 98.2 cm³/mol. The van der Waals surface area contributed by atoms with Crippen LogP contribution in [0.4, 0.5) is 11.4 Å². The van der Waals surface area contributed by atoms with Crippen molar-refractivity contribution >= 4 is 23.2 Å². The number of carbonyl (C=O) groups is 2. The van der Waals surface area contributed by atoms with Crippen LogP contribution in [0.15, 0.2) is 24.3 Å². The van der Waals surface area contributed by atoms with E-state index in [1.165, 1.54) is 0 Å². The number of anilines is 2. The molecule has 2 heterocycles. The van der Waals surface area contributed by atoms with Crippen molar-refractivity contribution in [1.29, 1.82) is 0 Å². The number of carbonyl (C=O) groups excluding carboxylic acids is 2. The minimum atomic E-state index is -0.610. The molecule has 1 aromatic carbocycles. The first-order valence-electron chi connectivity index (χ1n) is 9.04. The maximum Gasteiger partial charge on any atom is 0.313 e. The van der Waals surface area contributed by atoms with Crippen LogP contribution in [0.25, 0.3) is 0 Å². The van der Waals surface area contributed by atoms with Gasteiger partial charge in [0.05, 0.1) is 31.2 Å². The van der Waals surface area contributed by atoms with Crippen LogP contribution in [-0.4, -0.2) is 92.4 Å². The van der Waals surface area contributed by atoms with Gasteiger partial charge in [-0.1, -0.05) is 12.1 Å². The largest absolute Gasteiger partial charge is 0.395 e. The fourth-order valence-electron chi connectivity index (χ4n) is 3.29. The molecule has 0 spiro atoms. The number of nitrogens with zero attached hydrogens (tertiary/aromatic N) is 3. The molecule has 8 nitrogen and oxygen atoms in total. The molecule has 2 saturated heterocycles. The minimum absolute atomic E-state index is 0.104. The Morgan fingerprint density at radius 1 is 1.04 bits per heavy atom. The first-order valence-corrected chi connectivity index (χ1v) is 9.04. The summed E-state index contributed by atoms with van der Waals surface area (Å²) in [6.07, 6.45) is 0. The molecule has 0 radical (unpaired) electrons. The predicted octanol–water partition coefficient (Wildman–Crippen LogP) is -0.402. The highest BCUT2D eigenvalue weighted by Gasteiger charge is 2.26. The summed E-state index contributed by atoms with van der Waals surface area (Å²) < 4.78 is 5.38. The van der Waals surface area contributed by atoms with Gasteiger partial charge in [-0.2, -0.15) is 0 Å². The van der Waals surface area contributed by atoms with Crippen LogP contribution in [0.5, 0.6) is 0 Å². The Labute approximate surface area is 153 Å². The van der Waals surface area contributed by atoms with Crippen molar-refractivity contribution in [2.45, 2.75) is 0 Å². The van der Waals surface area contributed by atoms with E-state index in [-0.39, 0.29) is 6.61 Å². The van der Waals surface area contributed by atoms with Gasteiger partial charge in [0.15, 0.2) is 0 Å². The van der Waals surface area contributed by atoms with Gasteiger partial charge in [-0.05, 0) is 12.1 Å². The molecule has 8 heteroatoms. The van der Waals surface area contributed by atoms with Crippen molar-refractivity contribution in [3.63, 3.8) is 0 Å². The summed E-state index contributed by atoms with van der Waals surface area (Å²) >= 11 is 0. The number of ether oxygens (including phenoxy) is 1. The minimum Gasteiger partial charge on any atom is -0.395 e. The summed E-state index contributed by atoms with van der Waals surface area (Å²) in [5.74, 6) is -1.12. The lowest BCUT2D eigenvalue weighted by atomic mass is 10.2. The smallest absolute Gasteiger partial charge is 0.313 e. The zero-order valence-corrected chi connectivity index (χ0v) is 14.9. The third kappa shape index (κ3) is 4.51. The molecule has 2 aliphatic rings. The molecule has 142 valence electrons. The van der Waals surface area contributed by atoms with E-state index in [9.17, 15) is 9.59 Å². The van der Waals surface area contributed by atoms with Crippen LogP contribution in [0.2, 0.25) is 0 Å². The van der Waals surface area contributed by atoms with E-state index in [1.54, 1.807) is 4.90 Å². The molecule has 0 atom stereocenters. The maximum atomic E-state index is 12.5. The van der Waals surface area contributed by atoms with Crippen LogP contribution >= 0.6 is 0 Å². The number of aliphatic hydroxyl groups is 1. The Morgan fingerprint density at radius 2 is 1.73 bits per heavy atom. The summed E-state index contributed by atoms with van der Waals surface area (Å²) in [5, 5.41) is 11.8. The summed E-state index contributed by atoms with van der Waals surface area (Å²) in [6.45, 7) is 5.86. The molecule has 2 aliphatic heterocycles. The number of morpholine rings is 1. The van der Waals surface area contributed by atoms with Gasteiger partial charge in [0.2, 0.25) is 0 Å². The summed E-state index contributed by atoms with van der Waals surface area (Å²) in [6, 6.07) is 7.52. The number of para-hydroxylation sites is 2. The number of aliphatic hydroxyl groups excluding tert-OH is 1. The number of benzene rings is 1. The Bertz CT molecular complexity index is 625. The normalized spacial score (nSPS) is 18.7. The molecule has 0 aliphatic carbocycles. The number of β-amino-alcohol motifs (C(OH)–C–C–N with tert-alkyl or cyclic N) is 1. The van der Waals surface area contributed by atoms with E-state index >= 15 is 0 Å². The van der Waals surface area contributed by atoms with Gasteiger partial charge in [-0.25, -0.2) is 0 Å². The third-order valence-electron chi connectivity index (χ3n) is 4.77. The number of hydrogen-bond acceptors (Lipinski definition) is 6. The summed E-state index contributed by atoms with van der Waals surface area (Å²) in [4.78, 5) is 30.7. The van der Waals surface area contributed by atoms with Gasteiger partial charge < -0.3 is 25.0 Å². The Balaban J connectivity index is 1.60. The monoisotopic (exact) mass is 362 g/mol. The van der Waals surface area contributed by atoms with E-state index < -0.39 is 11.8 Å². The number of hydrogen-bond donors (Lipinski definition) is 2. The van der Waals surface area contributed by atoms with Crippen molar-refractivity contribution in [1.82, 2.24) is 9.80 Å². The molecule has 26 heavy (non-hydrogen) atoms. The van der Waals surface area contributed by atoms with Crippen molar-refractivity contribution in [2.24, 2.45) is 0 Å². The van der Waals surface area contributed by atoms with E-state index in [0.29, 0.717) is 51.6 Å². The second-order valence-corrected chi connectivity index (χ2v) is 6.43. The Hall–Kier alpha value is -2.16. The van der Waals surface area contributed by atoms with E-state index in [1.807, 2.05) is 24.3 Å². The van der Waals surface area contributed by atoms with E-state index in [2.05, 4.69) is 15.1 Å². The maximum absolute atomic E-state index is 12.5. The Morgan fingerprint density at radius 3 is 2.42 bits per heavy atom. The van der Waals surface area contributed by atoms with Crippen molar-refractivity contribution in [3.05, 3.63) is 24.3 Å². The van der Waals surface area contributed by atoms with Gasteiger partial charge in [0.25, 0.3) is 0 Å². The van der Waals surface area contributed by atoms with Crippen LogP contribution in [-0.2, 0) is 14.3 Å². The molecular formula is C18H26N4O4. The highest BCUT2D eigenvalue weighted by atomic mass is 16.5. The lowest BCUT2D eigenvalue weighted by molar-refractivity contribution is -0.144. The van der Waals surface area contributed by atoms with Crippen LogP contribution in [0.3, 0.4) is 0 Å². The zero-order valence-electron chi connectivity index (χ0n) is 14.9. The third-order valence-corrected chi connectivity index (χ3v) is 4.77. The molecule has 2 amide bonds. The van der Waals surface area contributed by atoms with Gasteiger partial charge in [0, 0.05) is 45.8 Å². The first-order chi connectivity index (χ1) is 12.7. The second kappa shape index (κ2) is 8.98. The highest BCUT2D eigenvalue weighted by molar-refractivity contribution is 6.39. The molecule has 0 saturated carbocycles. The number of nitrogens with one attached hydrogen (secondary N) is 1. The average Bonchev–Trinajstić information content (AvgIpc) is 2.69. The molecule has 2 N–H and O–H groups in total. The molecule has 2 fully saturated rings. The zero-order chi connectivity index (χ0) is 18.4. The van der Waals surface area contributed by atoms with Crippen LogP contribution in [0.1, 0.15) is 0 Å². The highest BCUT2D eigenvalue weighted by Crippen LogP contribution is 2.26. The average molecular weight is 362 g/mol. The summed E-state index contributed by atoms with van der Waals surface area (Å²) in [5.41, 5.74) is 1.55. The van der Waals surface area contributed by atoms with Crippen LogP contribution < -0.4 is 10.2 Å². The molecular weight excluding hydrogens is 336 g/mol.